The van der Waals surface area contributed by atoms with E-state index in [1.165, 1.54) is 6.92 Å². The Balaban J connectivity index is 3.53. The van der Waals surface area contributed by atoms with E-state index < -0.39 is 6.04 Å². The molecule has 0 fully saturated rings. The molecule has 0 aromatic rings. The number of hydrogen-bond acceptors (Lipinski definition) is 3. The summed E-state index contributed by atoms with van der Waals surface area (Å²) < 4.78 is 0. The highest BCUT2D eigenvalue weighted by molar-refractivity contribution is 5.77. The smallest absolute Gasteiger partial charge is 0.222 e. The van der Waals surface area contributed by atoms with Gasteiger partial charge in [0.2, 0.25) is 12.2 Å². The molecule has 0 aliphatic carbocycles. The first-order valence-corrected chi connectivity index (χ1v) is 4.05. The van der Waals surface area contributed by atoms with Gasteiger partial charge in [-0.05, 0) is 25.8 Å². The summed E-state index contributed by atoms with van der Waals surface area (Å²) in [6, 6.07) is -0.464. The van der Waals surface area contributed by atoms with Crippen LogP contribution in [0.15, 0.2) is 0 Å². The molecule has 0 spiro atoms. The Kier molecular flexibility index (Phi) is 6.28. The SMILES string of the molecule is CC(=O)NC([C]=O)CCCCN. The van der Waals surface area contributed by atoms with Crippen LogP contribution >= 0.6 is 0 Å². The van der Waals surface area contributed by atoms with Gasteiger partial charge in [0.1, 0.15) is 0 Å². The number of carbonyl (C=O) groups excluding carboxylic acids is 2. The van der Waals surface area contributed by atoms with Crippen molar-refractivity contribution in [2.45, 2.75) is 32.2 Å². The second kappa shape index (κ2) is 6.79. The number of unbranched alkanes of at least 4 members (excludes halogenated alkanes) is 1. The molecule has 1 amide bonds. The number of carbonyl (C=O) groups is 1. The van der Waals surface area contributed by atoms with Crippen LogP contribution in [0.5, 0.6) is 0 Å². The lowest BCUT2D eigenvalue weighted by Gasteiger charge is -2.08. The average molecular weight is 171 g/mol. The first-order chi connectivity index (χ1) is 5.70. The molecule has 0 rings (SSSR count). The monoisotopic (exact) mass is 171 g/mol. The van der Waals surface area contributed by atoms with Crippen LogP contribution in [-0.2, 0) is 9.59 Å². The fourth-order valence-electron chi connectivity index (χ4n) is 0.899. The third-order valence-electron chi connectivity index (χ3n) is 1.47. The first-order valence-electron chi connectivity index (χ1n) is 4.05. The lowest BCUT2D eigenvalue weighted by atomic mass is 10.1. The molecule has 0 aromatic carbocycles. The zero-order valence-corrected chi connectivity index (χ0v) is 7.30. The van der Waals surface area contributed by atoms with E-state index in [9.17, 15) is 9.59 Å². The maximum absolute atomic E-state index is 10.5. The van der Waals surface area contributed by atoms with Gasteiger partial charge in [0, 0.05) is 6.92 Å². The van der Waals surface area contributed by atoms with E-state index in [1.54, 1.807) is 6.29 Å². The normalized spacial score (nSPS) is 12.2. The van der Waals surface area contributed by atoms with Crippen molar-refractivity contribution >= 4 is 12.2 Å². The molecule has 0 aliphatic heterocycles. The quantitative estimate of drug-likeness (QED) is 0.540. The maximum Gasteiger partial charge on any atom is 0.222 e. The Labute approximate surface area is 72.5 Å². The van der Waals surface area contributed by atoms with Gasteiger partial charge >= 0.3 is 0 Å². The molecule has 0 heterocycles. The zero-order chi connectivity index (χ0) is 9.40. The molecule has 4 heteroatoms. The topological polar surface area (TPSA) is 72.2 Å². The summed E-state index contributed by atoms with van der Waals surface area (Å²) in [7, 11) is 0. The Bertz CT molecular complexity index is 148. The minimum Gasteiger partial charge on any atom is -0.346 e. The molecule has 69 valence electrons. The second-order valence-corrected chi connectivity index (χ2v) is 2.66. The van der Waals surface area contributed by atoms with Gasteiger partial charge in [0.15, 0.2) is 0 Å². The summed E-state index contributed by atoms with van der Waals surface area (Å²) in [6.07, 6.45) is 4.11. The zero-order valence-electron chi connectivity index (χ0n) is 7.30. The van der Waals surface area contributed by atoms with Gasteiger partial charge in [-0.3, -0.25) is 9.59 Å². The van der Waals surface area contributed by atoms with Crippen LogP contribution in [0.1, 0.15) is 26.2 Å². The van der Waals surface area contributed by atoms with Crippen molar-refractivity contribution in [3.8, 4) is 0 Å². The fourth-order valence-corrected chi connectivity index (χ4v) is 0.899. The van der Waals surface area contributed by atoms with Gasteiger partial charge in [0.25, 0.3) is 0 Å². The Morgan fingerprint density at radius 1 is 1.58 bits per heavy atom. The number of nitrogens with two attached hydrogens (primary N) is 1. The molecule has 12 heavy (non-hydrogen) atoms. The van der Waals surface area contributed by atoms with Crippen molar-refractivity contribution in [2.75, 3.05) is 6.54 Å². The summed E-state index contributed by atoms with van der Waals surface area (Å²) in [5, 5.41) is 2.49. The molecule has 0 saturated heterocycles. The predicted octanol–water partition coefficient (Wildman–Crippen LogP) is -0.270. The minimum absolute atomic E-state index is 0.198. The Morgan fingerprint density at radius 3 is 2.67 bits per heavy atom. The summed E-state index contributed by atoms with van der Waals surface area (Å²) >= 11 is 0. The van der Waals surface area contributed by atoms with Crippen LogP contribution in [0.4, 0.5) is 0 Å². The van der Waals surface area contributed by atoms with E-state index in [4.69, 9.17) is 5.73 Å². The van der Waals surface area contributed by atoms with E-state index >= 15 is 0 Å². The van der Waals surface area contributed by atoms with Crippen LogP contribution < -0.4 is 11.1 Å². The van der Waals surface area contributed by atoms with E-state index in [2.05, 4.69) is 5.32 Å². The third-order valence-corrected chi connectivity index (χ3v) is 1.47. The third kappa shape index (κ3) is 5.85. The molecule has 1 unspecified atom stereocenters. The summed E-state index contributed by atoms with van der Waals surface area (Å²) in [5.41, 5.74) is 5.27. The molecule has 0 aliphatic rings. The van der Waals surface area contributed by atoms with Gasteiger partial charge in [-0.2, -0.15) is 0 Å². The van der Waals surface area contributed by atoms with Crippen molar-refractivity contribution in [1.82, 2.24) is 5.32 Å². The van der Waals surface area contributed by atoms with Crippen molar-refractivity contribution in [2.24, 2.45) is 5.73 Å². The fraction of sp³-hybridized carbons (Fsp3) is 0.750. The van der Waals surface area contributed by atoms with E-state index in [0.29, 0.717) is 13.0 Å². The highest BCUT2D eigenvalue weighted by atomic mass is 16.2. The number of rotatable bonds is 6. The number of nitrogens with one attached hydrogen (secondary N) is 1. The lowest BCUT2D eigenvalue weighted by molar-refractivity contribution is -0.119. The standard InChI is InChI=1S/C8H15N2O2/c1-7(12)10-8(6-11)4-2-3-5-9/h8H,2-5,9H2,1H3,(H,10,12). The summed E-state index contributed by atoms with van der Waals surface area (Å²) in [5.74, 6) is -0.198. The molecule has 1 radical (unpaired) electrons. The highest BCUT2D eigenvalue weighted by Crippen LogP contribution is 1.97. The predicted molar refractivity (Wildman–Crippen MR) is 46.2 cm³/mol. The van der Waals surface area contributed by atoms with E-state index in [-0.39, 0.29) is 5.91 Å². The number of amides is 1. The van der Waals surface area contributed by atoms with E-state index in [0.717, 1.165) is 12.8 Å². The van der Waals surface area contributed by atoms with Gasteiger partial charge in [-0.1, -0.05) is 0 Å². The Morgan fingerprint density at radius 2 is 2.25 bits per heavy atom. The van der Waals surface area contributed by atoms with Gasteiger partial charge in [0.05, 0.1) is 6.04 Å². The van der Waals surface area contributed by atoms with Crippen LogP contribution in [0, 0.1) is 0 Å². The van der Waals surface area contributed by atoms with Crippen molar-refractivity contribution in [3.05, 3.63) is 0 Å². The van der Waals surface area contributed by atoms with Gasteiger partial charge in [-0.15, -0.1) is 0 Å². The van der Waals surface area contributed by atoms with Gasteiger partial charge < -0.3 is 11.1 Å². The highest BCUT2D eigenvalue weighted by Gasteiger charge is 2.07. The van der Waals surface area contributed by atoms with Crippen molar-refractivity contribution < 1.29 is 9.59 Å². The summed E-state index contributed by atoms with van der Waals surface area (Å²) in [4.78, 5) is 20.8. The lowest BCUT2D eigenvalue weighted by Crippen LogP contribution is -2.34. The minimum atomic E-state index is -0.464. The molecule has 3 N–H and O–H groups in total. The van der Waals surface area contributed by atoms with Crippen molar-refractivity contribution in [3.63, 3.8) is 0 Å². The van der Waals surface area contributed by atoms with Crippen LogP contribution in [-0.4, -0.2) is 24.8 Å². The van der Waals surface area contributed by atoms with Crippen molar-refractivity contribution in [1.29, 1.82) is 0 Å². The van der Waals surface area contributed by atoms with Gasteiger partial charge in [-0.25, -0.2) is 0 Å². The number of hydrogen-bond donors (Lipinski definition) is 2. The first kappa shape index (κ1) is 11.1. The van der Waals surface area contributed by atoms with Crippen LogP contribution in [0.25, 0.3) is 0 Å². The second-order valence-electron chi connectivity index (χ2n) is 2.66. The molecular formula is C8H15N2O2. The molecule has 0 bridgehead atoms. The largest absolute Gasteiger partial charge is 0.346 e. The molecule has 0 aromatic heterocycles. The molecular weight excluding hydrogens is 156 g/mol. The average Bonchev–Trinajstić information content (AvgIpc) is 2.02. The summed E-state index contributed by atoms with van der Waals surface area (Å²) in [6.45, 7) is 2.00. The van der Waals surface area contributed by atoms with Crippen LogP contribution in [0.2, 0.25) is 0 Å². The molecule has 0 saturated carbocycles. The Hall–Kier alpha value is -0.900. The van der Waals surface area contributed by atoms with E-state index in [1.807, 2.05) is 0 Å². The van der Waals surface area contributed by atoms with Crippen LogP contribution in [0.3, 0.4) is 0 Å². The molecule has 1 atom stereocenters. The molecule has 4 nitrogen and oxygen atoms in total. The maximum atomic E-state index is 10.5.